The molecule has 5 nitrogen and oxygen atoms in total. The molecule has 3 aliphatic rings. The molecule has 2 saturated heterocycles. The summed E-state index contributed by atoms with van der Waals surface area (Å²) in [6, 6.07) is 8.91. The summed E-state index contributed by atoms with van der Waals surface area (Å²) in [5.41, 5.74) is 3.04. The van der Waals surface area contributed by atoms with E-state index in [1.807, 2.05) is 29.3 Å². The van der Waals surface area contributed by atoms with E-state index < -0.39 is 0 Å². The maximum atomic E-state index is 13.1. The lowest BCUT2D eigenvalue weighted by Gasteiger charge is -2.33. The minimum absolute atomic E-state index is 0.190. The van der Waals surface area contributed by atoms with Gasteiger partial charge in [-0.3, -0.25) is 9.80 Å². The average Bonchev–Trinajstić information content (AvgIpc) is 3.35. The molecule has 1 amide bonds. The number of nitrogens with zero attached hydrogens (tertiary/aromatic N) is 4. The molecule has 0 bridgehead atoms. The first-order valence-electron chi connectivity index (χ1n) is 9.56. The summed E-state index contributed by atoms with van der Waals surface area (Å²) >= 11 is 0. The molecular formula is C20H28N4O. The van der Waals surface area contributed by atoms with Crippen molar-refractivity contribution in [2.45, 2.75) is 51.1 Å². The molecule has 134 valence electrons. The minimum atomic E-state index is 0.190. The third kappa shape index (κ3) is 3.17. The van der Waals surface area contributed by atoms with Crippen LogP contribution in [-0.4, -0.2) is 60.2 Å². The highest BCUT2D eigenvalue weighted by atomic mass is 16.2. The van der Waals surface area contributed by atoms with E-state index in [0.29, 0.717) is 12.1 Å². The lowest BCUT2D eigenvalue weighted by molar-refractivity contribution is 0.0664. The largest absolute Gasteiger partial charge is 0.334 e. The summed E-state index contributed by atoms with van der Waals surface area (Å²) in [6.07, 6.45) is 5.76. The molecule has 0 unspecified atom stereocenters. The van der Waals surface area contributed by atoms with Crippen molar-refractivity contribution in [3.63, 3.8) is 0 Å². The normalized spacial score (nSPS) is 27.2. The van der Waals surface area contributed by atoms with Crippen molar-refractivity contribution in [1.29, 1.82) is 0 Å². The second-order valence-corrected chi connectivity index (χ2v) is 7.65. The van der Waals surface area contributed by atoms with Crippen LogP contribution in [0.15, 0.2) is 29.4 Å². The molecule has 1 aromatic rings. The van der Waals surface area contributed by atoms with Crippen LogP contribution in [0, 0.1) is 0 Å². The van der Waals surface area contributed by atoms with E-state index in [-0.39, 0.29) is 5.91 Å². The van der Waals surface area contributed by atoms with Gasteiger partial charge in [0, 0.05) is 42.9 Å². The summed E-state index contributed by atoms with van der Waals surface area (Å²) < 4.78 is 0. The molecule has 1 aromatic carbocycles. The predicted molar refractivity (Wildman–Crippen MR) is 101 cm³/mol. The molecule has 5 heteroatoms. The van der Waals surface area contributed by atoms with Crippen molar-refractivity contribution in [3.05, 3.63) is 29.8 Å². The van der Waals surface area contributed by atoms with Crippen molar-refractivity contribution in [2.24, 2.45) is 5.10 Å². The summed E-state index contributed by atoms with van der Waals surface area (Å²) in [5, 5.41) is 6.56. The fourth-order valence-corrected chi connectivity index (χ4v) is 4.57. The number of hydrogen-bond donors (Lipinski definition) is 0. The Morgan fingerprint density at radius 3 is 2.40 bits per heavy atom. The first-order valence-corrected chi connectivity index (χ1v) is 9.56. The molecule has 0 aromatic heterocycles. The van der Waals surface area contributed by atoms with E-state index in [4.69, 9.17) is 0 Å². The number of hydrazone groups is 1. The molecule has 0 aliphatic carbocycles. The van der Waals surface area contributed by atoms with Crippen LogP contribution in [0.1, 0.15) is 49.4 Å². The number of carbonyl (C=O) groups excluding carboxylic acids is 1. The molecule has 3 heterocycles. The number of carbonyl (C=O) groups is 1. The van der Waals surface area contributed by atoms with Crippen LogP contribution in [0.4, 0.5) is 5.69 Å². The molecule has 0 saturated carbocycles. The fourth-order valence-electron chi connectivity index (χ4n) is 4.57. The lowest BCUT2D eigenvalue weighted by atomic mass is 10.0. The lowest BCUT2D eigenvalue weighted by Crippen LogP contribution is -2.47. The molecule has 0 radical (unpaired) electrons. The van der Waals surface area contributed by atoms with Crippen LogP contribution in [-0.2, 0) is 0 Å². The first kappa shape index (κ1) is 16.6. The van der Waals surface area contributed by atoms with Gasteiger partial charge in [0.2, 0.25) is 0 Å². The van der Waals surface area contributed by atoms with Crippen LogP contribution in [0.25, 0.3) is 0 Å². The fraction of sp³-hybridized carbons (Fsp3) is 0.600. The van der Waals surface area contributed by atoms with Gasteiger partial charge in [-0.2, -0.15) is 5.10 Å². The van der Waals surface area contributed by atoms with Crippen LogP contribution >= 0.6 is 0 Å². The first-order chi connectivity index (χ1) is 12.1. The van der Waals surface area contributed by atoms with Gasteiger partial charge in [0.25, 0.3) is 5.91 Å². The summed E-state index contributed by atoms with van der Waals surface area (Å²) in [5.74, 6) is 0.190. The average molecular weight is 340 g/mol. The zero-order valence-corrected chi connectivity index (χ0v) is 15.3. The quantitative estimate of drug-likeness (QED) is 0.849. The number of amides is 1. The maximum Gasteiger partial charge on any atom is 0.254 e. The van der Waals surface area contributed by atoms with Gasteiger partial charge in [0.15, 0.2) is 0 Å². The number of likely N-dealkylation sites (N-methyl/N-ethyl adjacent to an activating group) is 1. The molecule has 3 aliphatic heterocycles. The van der Waals surface area contributed by atoms with Crippen LogP contribution < -0.4 is 5.01 Å². The molecule has 2 atom stereocenters. The number of likely N-dealkylation sites (tertiary alicyclic amines) is 2. The molecule has 0 spiro atoms. The Bertz CT molecular complexity index is 669. The van der Waals surface area contributed by atoms with Gasteiger partial charge in [-0.15, -0.1) is 0 Å². The van der Waals surface area contributed by atoms with Crippen molar-refractivity contribution < 1.29 is 4.79 Å². The topological polar surface area (TPSA) is 39.2 Å². The predicted octanol–water partition coefficient (Wildman–Crippen LogP) is 2.97. The van der Waals surface area contributed by atoms with E-state index in [9.17, 15) is 4.79 Å². The number of benzene rings is 1. The van der Waals surface area contributed by atoms with Gasteiger partial charge in [0.05, 0.1) is 5.69 Å². The summed E-state index contributed by atoms with van der Waals surface area (Å²) in [7, 11) is 2.20. The monoisotopic (exact) mass is 340 g/mol. The second-order valence-electron chi connectivity index (χ2n) is 7.65. The Morgan fingerprint density at radius 2 is 1.76 bits per heavy atom. The number of anilines is 1. The highest BCUT2D eigenvalue weighted by Gasteiger charge is 2.38. The SMILES string of the molecule is CC1=NN(c2ccc(C(=O)N3CCC[C@@H]3[C@@H]3CCCN3C)cc2)CC1. The van der Waals surface area contributed by atoms with E-state index >= 15 is 0 Å². The number of hydrogen-bond acceptors (Lipinski definition) is 4. The summed E-state index contributed by atoms with van der Waals surface area (Å²) in [6.45, 7) is 5.05. The van der Waals surface area contributed by atoms with E-state index in [2.05, 4.69) is 28.9 Å². The Kier molecular flexibility index (Phi) is 4.50. The Hall–Kier alpha value is -1.88. The zero-order chi connectivity index (χ0) is 17.4. The highest BCUT2D eigenvalue weighted by molar-refractivity contribution is 5.95. The molecule has 2 fully saturated rings. The summed E-state index contributed by atoms with van der Waals surface area (Å²) in [4.78, 5) is 17.6. The van der Waals surface area contributed by atoms with Gasteiger partial charge in [-0.05, 0) is 70.5 Å². The van der Waals surface area contributed by atoms with E-state index in [0.717, 1.165) is 50.1 Å². The Morgan fingerprint density at radius 1 is 1.04 bits per heavy atom. The maximum absolute atomic E-state index is 13.1. The standard InChI is InChI=1S/C20H28N4O/c1-15-11-14-24(21-15)17-9-7-16(8-10-17)20(25)23-13-4-6-19(23)18-5-3-12-22(18)2/h7-10,18-19H,3-6,11-14H2,1-2H3/t18-,19+/m0/s1. The van der Waals surface area contributed by atoms with Gasteiger partial charge in [-0.25, -0.2) is 0 Å². The smallest absolute Gasteiger partial charge is 0.254 e. The molecule has 4 rings (SSSR count). The van der Waals surface area contributed by atoms with Crippen molar-refractivity contribution in [1.82, 2.24) is 9.80 Å². The molecular weight excluding hydrogens is 312 g/mol. The third-order valence-electron chi connectivity index (χ3n) is 5.97. The highest BCUT2D eigenvalue weighted by Crippen LogP contribution is 2.30. The van der Waals surface area contributed by atoms with Crippen LogP contribution in [0.2, 0.25) is 0 Å². The Balaban J connectivity index is 1.48. The van der Waals surface area contributed by atoms with Crippen LogP contribution in [0.3, 0.4) is 0 Å². The second kappa shape index (κ2) is 6.79. The van der Waals surface area contributed by atoms with Gasteiger partial charge in [0.1, 0.15) is 0 Å². The van der Waals surface area contributed by atoms with Gasteiger partial charge in [-0.1, -0.05) is 0 Å². The Labute approximate surface area is 150 Å². The number of rotatable bonds is 3. The molecule has 0 N–H and O–H groups in total. The van der Waals surface area contributed by atoms with E-state index in [1.165, 1.54) is 18.6 Å². The van der Waals surface area contributed by atoms with Crippen molar-refractivity contribution >= 4 is 17.3 Å². The van der Waals surface area contributed by atoms with Crippen molar-refractivity contribution in [2.75, 3.05) is 31.7 Å². The molecule has 25 heavy (non-hydrogen) atoms. The van der Waals surface area contributed by atoms with Gasteiger partial charge >= 0.3 is 0 Å². The zero-order valence-electron chi connectivity index (χ0n) is 15.3. The van der Waals surface area contributed by atoms with E-state index in [1.54, 1.807) is 0 Å². The third-order valence-corrected chi connectivity index (χ3v) is 5.97. The minimum Gasteiger partial charge on any atom is -0.334 e. The van der Waals surface area contributed by atoms with Crippen molar-refractivity contribution in [3.8, 4) is 0 Å². The van der Waals surface area contributed by atoms with Gasteiger partial charge < -0.3 is 9.80 Å². The van der Waals surface area contributed by atoms with Crippen LogP contribution in [0.5, 0.6) is 0 Å².